The number of para-hydroxylation sites is 2. The van der Waals surface area contributed by atoms with Gasteiger partial charge in [0.2, 0.25) is 0 Å². The van der Waals surface area contributed by atoms with Gasteiger partial charge in [0.05, 0.1) is 21.2 Å². The van der Waals surface area contributed by atoms with Crippen molar-refractivity contribution in [3.8, 4) is 5.75 Å². The number of hydrogen-bond donors (Lipinski definition) is 1. The topological polar surface area (TPSA) is 84.4 Å². The van der Waals surface area contributed by atoms with E-state index in [0.717, 1.165) is 28.8 Å². The van der Waals surface area contributed by atoms with E-state index in [1.807, 2.05) is 47.4 Å². The average molecular weight is 535 g/mol. The third-order valence-corrected chi connectivity index (χ3v) is 7.80. The number of benzene rings is 2. The summed E-state index contributed by atoms with van der Waals surface area (Å²) in [6.45, 7) is 4.73. The number of aromatic nitrogens is 2. The number of pyridine rings is 1. The fourth-order valence-corrected chi connectivity index (χ4v) is 5.67. The Morgan fingerprint density at radius 1 is 1.08 bits per heavy atom. The van der Waals surface area contributed by atoms with Crippen LogP contribution in [0.25, 0.3) is 10.9 Å². The van der Waals surface area contributed by atoms with Crippen LogP contribution in [-0.4, -0.2) is 45.4 Å². The highest BCUT2D eigenvalue weighted by molar-refractivity contribution is 7.10. The van der Waals surface area contributed by atoms with Crippen molar-refractivity contribution in [1.82, 2.24) is 14.9 Å². The van der Waals surface area contributed by atoms with Crippen LogP contribution in [0.3, 0.4) is 0 Å². The van der Waals surface area contributed by atoms with E-state index in [1.165, 1.54) is 11.3 Å². The standard InChI is InChI=1S/C28H27ClN4O3S/c1-28(2,36-23-11-4-3-9-20(23)29)27(35)33-15-12-19(13-16-33)26-32-22(17-37-26)25(34)31-21-10-5-7-18-8-6-14-30-24(18)21/h3-11,14,17,19H,12-13,15-16H2,1-2H3,(H,31,34). The molecule has 0 radical (unpaired) electrons. The Labute approximate surface area is 224 Å². The van der Waals surface area contributed by atoms with Crippen molar-refractivity contribution in [2.75, 3.05) is 18.4 Å². The van der Waals surface area contributed by atoms with Gasteiger partial charge in [0.1, 0.15) is 11.4 Å². The van der Waals surface area contributed by atoms with E-state index in [0.29, 0.717) is 35.2 Å². The fourth-order valence-electron chi connectivity index (χ4n) is 4.53. The van der Waals surface area contributed by atoms with Gasteiger partial charge in [0.15, 0.2) is 5.60 Å². The first-order chi connectivity index (χ1) is 17.8. The Morgan fingerprint density at radius 2 is 1.84 bits per heavy atom. The van der Waals surface area contributed by atoms with Gasteiger partial charge in [0, 0.05) is 36.0 Å². The number of nitrogens with one attached hydrogen (secondary N) is 1. The van der Waals surface area contributed by atoms with Gasteiger partial charge in [-0.15, -0.1) is 11.3 Å². The summed E-state index contributed by atoms with van der Waals surface area (Å²) >= 11 is 7.70. The van der Waals surface area contributed by atoms with Crippen LogP contribution in [0.5, 0.6) is 5.75 Å². The molecule has 1 saturated heterocycles. The Kier molecular flexibility index (Phi) is 7.13. The number of hydrogen-bond acceptors (Lipinski definition) is 6. The van der Waals surface area contributed by atoms with Gasteiger partial charge >= 0.3 is 0 Å². The molecule has 1 aliphatic rings. The largest absolute Gasteiger partial charge is 0.476 e. The van der Waals surface area contributed by atoms with E-state index in [9.17, 15) is 9.59 Å². The lowest BCUT2D eigenvalue weighted by Crippen LogP contribution is -2.51. The van der Waals surface area contributed by atoms with E-state index in [1.54, 1.807) is 37.6 Å². The summed E-state index contributed by atoms with van der Waals surface area (Å²) < 4.78 is 5.98. The molecule has 7 nitrogen and oxygen atoms in total. The number of ether oxygens (including phenoxy) is 1. The van der Waals surface area contributed by atoms with Gasteiger partial charge in [-0.2, -0.15) is 0 Å². The predicted octanol–water partition coefficient (Wildman–Crippen LogP) is 6.16. The molecule has 1 N–H and O–H groups in total. The van der Waals surface area contributed by atoms with Crippen LogP contribution in [-0.2, 0) is 4.79 Å². The minimum Gasteiger partial charge on any atom is -0.476 e. The lowest BCUT2D eigenvalue weighted by atomic mass is 9.96. The Balaban J connectivity index is 1.20. The number of halogens is 1. The van der Waals surface area contributed by atoms with E-state index >= 15 is 0 Å². The molecule has 4 aromatic rings. The summed E-state index contributed by atoms with van der Waals surface area (Å²) in [5, 5.41) is 7.09. The van der Waals surface area contributed by atoms with Gasteiger partial charge in [-0.25, -0.2) is 4.98 Å². The van der Waals surface area contributed by atoms with E-state index in [2.05, 4.69) is 15.3 Å². The zero-order valence-electron chi connectivity index (χ0n) is 20.6. The number of rotatable bonds is 6. The first kappa shape index (κ1) is 25.2. The van der Waals surface area contributed by atoms with Crippen LogP contribution in [0.2, 0.25) is 5.02 Å². The molecule has 2 aromatic heterocycles. The Bertz CT molecular complexity index is 1440. The first-order valence-electron chi connectivity index (χ1n) is 12.2. The molecule has 0 aliphatic carbocycles. The van der Waals surface area contributed by atoms with Crippen LogP contribution in [0.4, 0.5) is 5.69 Å². The molecule has 0 atom stereocenters. The third kappa shape index (κ3) is 5.45. The average Bonchev–Trinajstić information content (AvgIpc) is 3.40. The maximum atomic E-state index is 13.2. The second-order valence-corrected chi connectivity index (χ2v) is 10.8. The molecule has 37 heavy (non-hydrogen) atoms. The van der Waals surface area contributed by atoms with Crippen molar-refractivity contribution < 1.29 is 14.3 Å². The Morgan fingerprint density at radius 3 is 2.62 bits per heavy atom. The van der Waals surface area contributed by atoms with Gasteiger partial charge in [-0.3, -0.25) is 14.6 Å². The molecule has 1 aliphatic heterocycles. The highest BCUT2D eigenvalue weighted by atomic mass is 35.5. The van der Waals surface area contributed by atoms with E-state index in [-0.39, 0.29) is 17.7 Å². The zero-order valence-corrected chi connectivity index (χ0v) is 22.2. The lowest BCUT2D eigenvalue weighted by molar-refractivity contribution is -0.146. The molecule has 2 amide bonds. The summed E-state index contributed by atoms with van der Waals surface area (Å²) in [4.78, 5) is 37.0. The van der Waals surface area contributed by atoms with Crippen molar-refractivity contribution in [2.45, 2.75) is 38.2 Å². The number of nitrogens with zero attached hydrogens (tertiary/aromatic N) is 3. The summed E-state index contributed by atoms with van der Waals surface area (Å²) in [5.41, 5.74) is 0.750. The number of carbonyl (C=O) groups excluding carboxylic acids is 2. The molecule has 5 rings (SSSR count). The number of piperidine rings is 1. The number of likely N-dealkylation sites (tertiary alicyclic amines) is 1. The number of amides is 2. The number of fused-ring (bicyclic) bond motifs is 1. The molecule has 190 valence electrons. The second kappa shape index (κ2) is 10.5. The normalized spacial score (nSPS) is 14.5. The van der Waals surface area contributed by atoms with Crippen molar-refractivity contribution in [2.24, 2.45) is 0 Å². The summed E-state index contributed by atoms with van der Waals surface area (Å²) in [7, 11) is 0. The molecular formula is C28H27ClN4O3S. The van der Waals surface area contributed by atoms with Crippen LogP contribution in [0, 0.1) is 0 Å². The summed E-state index contributed by atoms with van der Waals surface area (Å²) in [5.74, 6) is 0.355. The maximum absolute atomic E-state index is 13.2. The van der Waals surface area contributed by atoms with Crippen LogP contribution in [0.15, 0.2) is 66.2 Å². The highest BCUT2D eigenvalue weighted by Crippen LogP contribution is 2.33. The number of thiazole rings is 1. The first-order valence-corrected chi connectivity index (χ1v) is 13.4. The highest BCUT2D eigenvalue weighted by Gasteiger charge is 2.37. The molecular weight excluding hydrogens is 508 g/mol. The third-order valence-electron chi connectivity index (χ3n) is 6.48. The van der Waals surface area contributed by atoms with Gasteiger partial charge < -0.3 is 15.0 Å². The van der Waals surface area contributed by atoms with Crippen LogP contribution < -0.4 is 10.1 Å². The minimum atomic E-state index is -1.04. The van der Waals surface area contributed by atoms with Crippen molar-refractivity contribution in [3.63, 3.8) is 0 Å². The number of carbonyl (C=O) groups is 2. The molecule has 9 heteroatoms. The van der Waals surface area contributed by atoms with Gasteiger partial charge in [0.25, 0.3) is 11.8 Å². The smallest absolute Gasteiger partial charge is 0.275 e. The zero-order chi connectivity index (χ0) is 26.0. The van der Waals surface area contributed by atoms with E-state index in [4.69, 9.17) is 16.3 Å². The predicted molar refractivity (Wildman–Crippen MR) is 147 cm³/mol. The van der Waals surface area contributed by atoms with E-state index < -0.39 is 5.60 Å². The lowest BCUT2D eigenvalue weighted by Gasteiger charge is -2.36. The van der Waals surface area contributed by atoms with Crippen molar-refractivity contribution >= 4 is 51.3 Å². The quantitative estimate of drug-likeness (QED) is 0.320. The molecule has 2 aromatic carbocycles. The Hall–Kier alpha value is -3.49. The van der Waals surface area contributed by atoms with Crippen molar-refractivity contribution in [3.05, 3.63) is 81.9 Å². The summed E-state index contributed by atoms with van der Waals surface area (Å²) in [6, 6.07) is 16.7. The molecule has 0 saturated carbocycles. The molecule has 0 unspecified atom stereocenters. The summed E-state index contributed by atoms with van der Waals surface area (Å²) in [6.07, 6.45) is 3.26. The molecule has 0 spiro atoms. The number of anilines is 1. The SMILES string of the molecule is CC(C)(Oc1ccccc1Cl)C(=O)N1CCC(c2nc(C(=O)Nc3cccc4cccnc34)cs2)CC1. The minimum absolute atomic E-state index is 0.0752. The molecule has 0 bridgehead atoms. The van der Waals surface area contributed by atoms with Crippen molar-refractivity contribution in [1.29, 1.82) is 0 Å². The van der Waals surface area contributed by atoms with Gasteiger partial charge in [-0.1, -0.05) is 41.9 Å². The van der Waals surface area contributed by atoms with Gasteiger partial charge in [-0.05, 0) is 51.0 Å². The second-order valence-electron chi connectivity index (χ2n) is 9.52. The fraction of sp³-hybridized carbons (Fsp3) is 0.286. The maximum Gasteiger partial charge on any atom is 0.275 e. The molecule has 3 heterocycles. The van der Waals surface area contributed by atoms with Crippen LogP contribution >= 0.6 is 22.9 Å². The monoisotopic (exact) mass is 534 g/mol. The van der Waals surface area contributed by atoms with Crippen LogP contribution in [0.1, 0.15) is 48.1 Å². The molecule has 1 fully saturated rings.